The highest BCUT2D eigenvalue weighted by molar-refractivity contribution is 6.30. The molecule has 2 aromatic rings. The first-order chi connectivity index (χ1) is 11.6. The first-order valence-corrected chi connectivity index (χ1v) is 8.00. The third kappa shape index (κ3) is 5.28. The molecule has 0 bridgehead atoms. The van der Waals surface area contributed by atoms with Gasteiger partial charge in [-0.15, -0.1) is 0 Å². The quantitative estimate of drug-likeness (QED) is 0.577. The van der Waals surface area contributed by atoms with Gasteiger partial charge in [-0.2, -0.15) is 0 Å². The van der Waals surface area contributed by atoms with Crippen LogP contribution < -0.4 is 16.0 Å². The highest BCUT2D eigenvalue weighted by Crippen LogP contribution is 2.10. The van der Waals surface area contributed by atoms with Crippen molar-refractivity contribution in [3.05, 3.63) is 70.2 Å². The summed E-state index contributed by atoms with van der Waals surface area (Å²) < 4.78 is 0. The van der Waals surface area contributed by atoms with Crippen molar-refractivity contribution in [3.63, 3.8) is 0 Å². The summed E-state index contributed by atoms with van der Waals surface area (Å²) in [4.78, 5) is 15.7. The van der Waals surface area contributed by atoms with Crippen molar-refractivity contribution in [1.29, 1.82) is 0 Å². The van der Waals surface area contributed by atoms with Crippen molar-refractivity contribution in [3.8, 4) is 0 Å². The van der Waals surface area contributed by atoms with Crippen molar-refractivity contribution in [1.82, 2.24) is 16.0 Å². The molecular formula is C18H21ClN4O. The Hall–Kier alpha value is -2.53. The molecule has 5 nitrogen and oxygen atoms in total. The fourth-order valence-corrected chi connectivity index (χ4v) is 2.37. The number of guanidine groups is 1. The summed E-state index contributed by atoms with van der Waals surface area (Å²) in [5, 5.41) is 9.80. The minimum Gasteiger partial charge on any atom is -0.355 e. The van der Waals surface area contributed by atoms with Crippen LogP contribution in [0.15, 0.2) is 53.5 Å². The molecule has 0 heterocycles. The van der Waals surface area contributed by atoms with Gasteiger partial charge in [-0.3, -0.25) is 9.79 Å². The van der Waals surface area contributed by atoms with Crippen LogP contribution in [0.3, 0.4) is 0 Å². The highest BCUT2D eigenvalue weighted by atomic mass is 35.5. The lowest BCUT2D eigenvalue weighted by Crippen LogP contribution is -2.36. The van der Waals surface area contributed by atoms with Crippen LogP contribution in [-0.4, -0.2) is 26.0 Å². The number of carbonyl (C=O) groups is 1. The normalized spacial score (nSPS) is 11.0. The van der Waals surface area contributed by atoms with E-state index in [1.54, 1.807) is 26.2 Å². The predicted octanol–water partition coefficient (Wildman–Crippen LogP) is 2.56. The lowest BCUT2D eigenvalue weighted by atomic mass is 10.1. The van der Waals surface area contributed by atoms with Gasteiger partial charge >= 0.3 is 0 Å². The molecule has 0 saturated heterocycles. The Morgan fingerprint density at radius 1 is 1.04 bits per heavy atom. The summed E-state index contributed by atoms with van der Waals surface area (Å²) in [6.07, 6.45) is 0. The molecule has 2 rings (SSSR count). The molecule has 3 N–H and O–H groups in total. The Bertz CT molecular complexity index is 713. The Morgan fingerprint density at radius 2 is 1.71 bits per heavy atom. The predicted molar refractivity (Wildman–Crippen MR) is 98.3 cm³/mol. The Labute approximate surface area is 147 Å². The topological polar surface area (TPSA) is 65.5 Å². The minimum absolute atomic E-state index is 0.0893. The third-order valence-corrected chi connectivity index (χ3v) is 3.71. The molecule has 126 valence electrons. The maximum absolute atomic E-state index is 11.5. The van der Waals surface area contributed by atoms with E-state index < -0.39 is 0 Å². The molecule has 0 radical (unpaired) electrons. The Balaban J connectivity index is 1.86. The van der Waals surface area contributed by atoms with Gasteiger partial charge < -0.3 is 16.0 Å². The highest BCUT2D eigenvalue weighted by Gasteiger charge is 2.03. The van der Waals surface area contributed by atoms with E-state index in [2.05, 4.69) is 20.9 Å². The number of carbonyl (C=O) groups excluding carboxylic acids is 1. The number of rotatable bonds is 5. The fraction of sp³-hybridized carbons (Fsp3) is 0.222. The first-order valence-electron chi connectivity index (χ1n) is 7.62. The molecule has 1 amide bonds. The number of halogens is 1. The van der Waals surface area contributed by atoms with Crippen LogP contribution in [0.1, 0.15) is 21.5 Å². The average molecular weight is 345 g/mol. The molecule has 0 fully saturated rings. The van der Waals surface area contributed by atoms with Crippen molar-refractivity contribution >= 4 is 23.5 Å². The summed E-state index contributed by atoms with van der Waals surface area (Å²) >= 11 is 5.98. The third-order valence-electron chi connectivity index (χ3n) is 3.48. The van der Waals surface area contributed by atoms with Crippen molar-refractivity contribution in [2.75, 3.05) is 14.1 Å². The minimum atomic E-state index is -0.0893. The van der Waals surface area contributed by atoms with E-state index in [0.717, 1.165) is 11.1 Å². The smallest absolute Gasteiger partial charge is 0.251 e. The van der Waals surface area contributed by atoms with Gasteiger partial charge in [-0.05, 0) is 35.4 Å². The van der Waals surface area contributed by atoms with Crippen molar-refractivity contribution < 1.29 is 4.79 Å². The van der Waals surface area contributed by atoms with Crippen LogP contribution in [0, 0.1) is 0 Å². The maximum Gasteiger partial charge on any atom is 0.251 e. The van der Waals surface area contributed by atoms with Crippen LogP contribution >= 0.6 is 11.6 Å². The number of hydrogen-bond donors (Lipinski definition) is 3. The Kier molecular flexibility index (Phi) is 6.63. The van der Waals surface area contributed by atoms with Gasteiger partial charge in [0.2, 0.25) is 0 Å². The van der Waals surface area contributed by atoms with Gasteiger partial charge in [0.1, 0.15) is 0 Å². The summed E-state index contributed by atoms with van der Waals surface area (Å²) in [5.41, 5.74) is 2.79. The number of hydrogen-bond acceptors (Lipinski definition) is 2. The van der Waals surface area contributed by atoms with E-state index in [9.17, 15) is 4.79 Å². The fourth-order valence-electron chi connectivity index (χ4n) is 2.16. The molecule has 6 heteroatoms. The lowest BCUT2D eigenvalue weighted by molar-refractivity contribution is 0.0963. The molecule has 0 aliphatic carbocycles. The molecular weight excluding hydrogens is 324 g/mol. The second-order valence-corrected chi connectivity index (χ2v) is 5.62. The second-order valence-electron chi connectivity index (χ2n) is 5.19. The largest absolute Gasteiger partial charge is 0.355 e. The number of benzene rings is 2. The van der Waals surface area contributed by atoms with Crippen molar-refractivity contribution in [2.45, 2.75) is 13.1 Å². The van der Waals surface area contributed by atoms with Gasteiger partial charge in [0.15, 0.2) is 5.96 Å². The number of nitrogens with one attached hydrogen (secondary N) is 3. The van der Waals surface area contributed by atoms with E-state index in [1.165, 1.54) is 0 Å². The van der Waals surface area contributed by atoms with Gasteiger partial charge in [-0.1, -0.05) is 35.9 Å². The lowest BCUT2D eigenvalue weighted by Gasteiger charge is -2.12. The molecule has 0 atom stereocenters. The molecule has 0 unspecified atom stereocenters. The van der Waals surface area contributed by atoms with Crippen LogP contribution in [0.4, 0.5) is 0 Å². The van der Waals surface area contributed by atoms with E-state index >= 15 is 0 Å². The van der Waals surface area contributed by atoms with Gasteiger partial charge in [-0.25, -0.2) is 0 Å². The maximum atomic E-state index is 11.5. The second kappa shape index (κ2) is 8.93. The zero-order valence-corrected chi connectivity index (χ0v) is 14.5. The molecule has 0 aliphatic heterocycles. The first kappa shape index (κ1) is 17.8. The number of nitrogens with zero attached hydrogens (tertiary/aromatic N) is 1. The molecule has 24 heavy (non-hydrogen) atoms. The van der Waals surface area contributed by atoms with Gasteiger partial charge in [0.25, 0.3) is 5.91 Å². The van der Waals surface area contributed by atoms with Crippen LogP contribution in [0.5, 0.6) is 0 Å². The van der Waals surface area contributed by atoms with E-state index in [1.807, 2.05) is 36.4 Å². The zero-order chi connectivity index (χ0) is 17.4. The summed E-state index contributed by atoms with van der Waals surface area (Å²) in [5.74, 6) is 0.610. The van der Waals surface area contributed by atoms with Gasteiger partial charge in [0.05, 0.1) is 0 Å². The average Bonchev–Trinajstić information content (AvgIpc) is 2.61. The van der Waals surface area contributed by atoms with Crippen LogP contribution in [-0.2, 0) is 13.1 Å². The molecule has 0 saturated carbocycles. The molecule has 0 spiro atoms. The number of amides is 1. The van der Waals surface area contributed by atoms with E-state index in [-0.39, 0.29) is 5.91 Å². The molecule has 2 aromatic carbocycles. The van der Waals surface area contributed by atoms with E-state index in [4.69, 9.17) is 11.6 Å². The SMILES string of the molecule is CN=C(NCc1ccc(C(=O)NC)cc1)NCc1cccc(Cl)c1. The van der Waals surface area contributed by atoms with Gasteiger partial charge in [0, 0.05) is 37.8 Å². The summed E-state index contributed by atoms with van der Waals surface area (Å²) in [6, 6.07) is 15.1. The molecule has 0 aliphatic rings. The summed E-state index contributed by atoms with van der Waals surface area (Å²) in [6.45, 7) is 1.25. The van der Waals surface area contributed by atoms with Crippen molar-refractivity contribution in [2.24, 2.45) is 4.99 Å². The zero-order valence-electron chi connectivity index (χ0n) is 13.8. The standard InChI is InChI=1S/C18H21ClN4O/c1-20-17(24)15-8-6-13(7-9-15)11-22-18(21-2)23-12-14-4-3-5-16(19)10-14/h3-10H,11-12H2,1-2H3,(H,20,24)(H2,21,22,23). The monoisotopic (exact) mass is 344 g/mol. The van der Waals surface area contributed by atoms with Crippen LogP contribution in [0.2, 0.25) is 5.02 Å². The van der Waals surface area contributed by atoms with E-state index in [0.29, 0.717) is 29.6 Å². The van der Waals surface area contributed by atoms with Crippen LogP contribution in [0.25, 0.3) is 0 Å². The molecule has 0 aromatic heterocycles. The number of aliphatic imine (C=N–C) groups is 1. The summed E-state index contributed by atoms with van der Waals surface area (Å²) in [7, 11) is 3.34. The Morgan fingerprint density at radius 3 is 2.29 bits per heavy atom.